The Hall–Kier alpha value is -0.690. The van der Waals surface area contributed by atoms with Gasteiger partial charge in [0, 0.05) is 19.6 Å². The van der Waals surface area contributed by atoms with Crippen molar-refractivity contribution in [2.45, 2.75) is 19.8 Å². The molecule has 5 nitrogen and oxygen atoms in total. The number of alkyl halides is 1. The molecule has 0 saturated carbocycles. The largest absolute Gasteiger partial charge is 0.382 e. The molecule has 0 atom stereocenters. The fourth-order valence-electron chi connectivity index (χ4n) is 0.668. The van der Waals surface area contributed by atoms with E-state index in [0.717, 1.165) is 0 Å². The van der Waals surface area contributed by atoms with E-state index in [4.69, 9.17) is 4.74 Å². The third-order valence-electron chi connectivity index (χ3n) is 1.23. The summed E-state index contributed by atoms with van der Waals surface area (Å²) in [5.41, 5.74) is 0. The lowest BCUT2D eigenvalue weighted by molar-refractivity contribution is -0.134. The number of carbonyl (C=O) groups is 1. The Morgan fingerprint density at radius 3 is 2.57 bits per heavy atom. The molecular formula is C7H13FO5S. The molecule has 7 heteroatoms. The summed E-state index contributed by atoms with van der Waals surface area (Å²) in [6, 6.07) is -1.69. The van der Waals surface area contributed by atoms with Gasteiger partial charge in [-0.05, 0) is 13.3 Å². The van der Waals surface area contributed by atoms with Crippen molar-refractivity contribution < 1.29 is 26.5 Å². The molecule has 0 spiro atoms. The number of rotatable bonds is 7. The van der Waals surface area contributed by atoms with Crippen LogP contribution in [0.3, 0.4) is 0 Å². The predicted molar refractivity (Wildman–Crippen MR) is 46.7 cm³/mol. The molecule has 0 N–H and O–H groups in total. The second-order valence-corrected chi connectivity index (χ2v) is 3.92. The summed E-state index contributed by atoms with van der Waals surface area (Å²) in [6.07, 6.45) is 0.258. The van der Waals surface area contributed by atoms with Crippen LogP contribution in [0.2, 0.25) is 0 Å². The van der Waals surface area contributed by atoms with E-state index in [1.165, 1.54) is 0 Å². The van der Waals surface area contributed by atoms with Crippen molar-refractivity contribution in [1.82, 2.24) is 0 Å². The third-order valence-corrected chi connectivity index (χ3v) is 1.93. The van der Waals surface area contributed by atoms with Crippen molar-refractivity contribution in [2.24, 2.45) is 0 Å². The van der Waals surface area contributed by atoms with Gasteiger partial charge in [-0.1, -0.05) is 0 Å². The number of carbonyl (C=O) groups excluding carboxylic acids is 1. The molecule has 84 valence electrons. The molecule has 0 saturated heterocycles. The van der Waals surface area contributed by atoms with Gasteiger partial charge < -0.3 is 8.92 Å². The molecule has 0 heterocycles. The zero-order chi connectivity index (χ0) is 11.0. The van der Waals surface area contributed by atoms with E-state index < -0.39 is 22.1 Å². The van der Waals surface area contributed by atoms with E-state index in [1.807, 2.05) is 0 Å². The number of hydrogen-bond acceptors (Lipinski definition) is 5. The van der Waals surface area contributed by atoms with Crippen LogP contribution >= 0.6 is 0 Å². The normalized spacial score (nSPS) is 11.3. The predicted octanol–water partition coefficient (Wildman–Crippen LogP) is 0.603. The Morgan fingerprint density at radius 1 is 1.43 bits per heavy atom. The topological polar surface area (TPSA) is 69.7 Å². The summed E-state index contributed by atoms with van der Waals surface area (Å²) < 4.78 is 41.4. The third kappa shape index (κ3) is 6.79. The summed E-state index contributed by atoms with van der Waals surface area (Å²) in [5, 5.41) is 0. The van der Waals surface area contributed by atoms with Crippen molar-refractivity contribution in [3.05, 3.63) is 0 Å². The minimum absolute atomic E-state index is 0.0980. The first-order valence-electron chi connectivity index (χ1n) is 4.10. The molecular weight excluding hydrogens is 215 g/mol. The van der Waals surface area contributed by atoms with Crippen molar-refractivity contribution in [2.75, 3.05) is 19.2 Å². The summed E-state index contributed by atoms with van der Waals surface area (Å²) >= 11 is 0. The van der Waals surface area contributed by atoms with Crippen LogP contribution in [0, 0.1) is 0 Å². The Morgan fingerprint density at radius 2 is 2.07 bits per heavy atom. The van der Waals surface area contributed by atoms with Crippen molar-refractivity contribution in [1.29, 1.82) is 0 Å². The van der Waals surface area contributed by atoms with Crippen LogP contribution in [0.15, 0.2) is 0 Å². The van der Waals surface area contributed by atoms with E-state index in [-0.39, 0.29) is 6.42 Å². The average Bonchev–Trinajstić information content (AvgIpc) is 2.12. The molecule has 0 radical (unpaired) electrons. The van der Waals surface area contributed by atoms with E-state index in [0.29, 0.717) is 19.6 Å². The van der Waals surface area contributed by atoms with Gasteiger partial charge in [0.2, 0.25) is 6.01 Å². The van der Waals surface area contributed by atoms with Gasteiger partial charge in [-0.25, -0.2) is 4.39 Å². The first-order chi connectivity index (χ1) is 6.52. The van der Waals surface area contributed by atoms with E-state index in [1.54, 1.807) is 6.92 Å². The molecule has 0 aromatic carbocycles. The van der Waals surface area contributed by atoms with Gasteiger partial charge >= 0.3 is 16.1 Å². The first-order valence-corrected chi connectivity index (χ1v) is 5.68. The molecule has 0 rings (SSSR count). The second-order valence-electron chi connectivity index (χ2n) is 2.42. The monoisotopic (exact) mass is 228 g/mol. The highest BCUT2D eigenvalue weighted by atomic mass is 32.2. The van der Waals surface area contributed by atoms with Gasteiger partial charge in [-0.15, -0.1) is 0 Å². The zero-order valence-corrected chi connectivity index (χ0v) is 8.68. The molecule has 0 unspecified atom stereocenters. The molecule has 0 fully saturated rings. The maximum Gasteiger partial charge on any atom is 0.341 e. The zero-order valence-electron chi connectivity index (χ0n) is 7.86. The number of ether oxygens (including phenoxy) is 1. The van der Waals surface area contributed by atoms with Crippen molar-refractivity contribution in [3.8, 4) is 0 Å². The van der Waals surface area contributed by atoms with E-state index in [9.17, 15) is 17.6 Å². The molecule has 0 amide bonds. The minimum atomic E-state index is -4.32. The smallest absolute Gasteiger partial charge is 0.341 e. The van der Waals surface area contributed by atoms with Gasteiger partial charge in [0.25, 0.3) is 0 Å². The highest BCUT2D eigenvalue weighted by Crippen LogP contribution is 2.00. The molecule has 0 aliphatic carbocycles. The second kappa shape index (κ2) is 6.72. The lowest BCUT2D eigenvalue weighted by Gasteiger charge is -2.02. The Balaban J connectivity index is 3.66. The van der Waals surface area contributed by atoms with Crippen molar-refractivity contribution >= 4 is 16.1 Å². The fraction of sp³-hybridized carbons (Fsp3) is 0.857. The molecule has 0 aliphatic heterocycles. The SMILES string of the molecule is CCOCCCC(=O)OS(=O)(=O)CF. The number of hydrogen-bond donors (Lipinski definition) is 0. The molecule has 0 aromatic rings. The van der Waals surface area contributed by atoms with Crippen LogP contribution in [0.4, 0.5) is 4.39 Å². The van der Waals surface area contributed by atoms with Crippen LogP contribution in [0.1, 0.15) is 19.8 Å². The highest BCUT2D eigenvalue weighted by molar-refractivity contribution is 7.86. The van der Waals surface area contributed by atoms with Gasteiger partial charge in [-0.2, -0.15) is 8.42 Å². The summed E-state index contributed by atoms with van der Waals surface area (Å²) in [7, 11) is -4.32. The summed E-state index contributed by atoms with van der Waals surface area (Å²) in [5.74, 6) is -0.956. The molecule has 0 aliphatic rings. The molecule has 0 bridgehead atoms. The Kier molecular flexibility index (Phi) is 6.39. The maximum absolute atomic E-state index is 11.7. The fourth-order valence-corrected chi connectivity index (χ4v) is 1.08. The maximum atomic E-state index is 11.7. The van der Waals surface area contributed by atoms with Gasteiger partial charge in [0.15, 0.2) is 0 Å². The lowest BCUT2D eigenvalue weighted by Crippen LogP contribution is -2.14. The van der Waals surface area contributed by atoms with Gasteiger partial charge in [0.05, 0.1) is 0 Å². The van der Waals surface area contributed by atoms with Gasteiger partial charge in [-0.3, -0.25) is 4.79 Å². The van der Waals surface area contributed by atoms with E-state index in [2.05, 4.69) is 4.18 Å². The quantitative estimate of drug-likeness (QED) is 0.471. The first kappa shape index (κ1) is 13.3. The van der Waals surface area contributed by atoms with Crippen molar-refractivity contribution in [3.63, 3.8) is 0 Å². The standard InChI is InChI=1S/C7H13FO5S/c1-2-12-5-3-4-7(9)13-14(10,11)6-8/h2-6H2,1H3. The van der Waals surface area contributed by atoms with Crippen LogP contribution in [0.25, 0.3) is 0 Å². The summed E-state index contributed by atoms with van der Waals surface area (Å²) in [6.45, 7) is 2.67. The van der Waals surface area contributed by atoms with E-state index >= 15 is 0 Å². The van der Waals surface area contributed by atoms with Crippen LogP contribution < -0.4 is 0 Å². The molecule has 0 aromatic heterocycles. The van der Waals surface area contributed by atoms with Gasteiger partial charge in [0.1, 0.15) is 0 Å². The lowest BCUT2D eigenvalue weighted by atomic mass is 10.3. The number of halogens is 1. The van der Waals surface area contributed by atoms with Crippen LogP contribution in [0.5, 0.6) is 0 Å². The average molecular weight is 228 g/mol. The summed E-state index contributed by atoms with van der Waals surface area (Å²) in [4.78, 5) is 10.8. The highest BCUT2D eigenvalue weighted by Gasteiger charge is 2.15. The van der Waals surface area contributed by atoms with Crippen LogP contribution in [-0.4, -0.2) is 33.6 Å². The minimum Gasteiger partial charge on any atom is -0.382 e. The van der Waals surface area contributed by atoms with Crippen LogP contribution in [-0.2, 0) is 23.8 Å². The Bertz CT molecular complexity index is 261. The Labute approximate surface area is 82.3 Å². The molecule has 14 heavy (non-hydrogen) atoms.